The molecule has 1 fully saturated rings. The molecule has 0 aliphatic carbocycles. The van der Waals surface area contributed by atoms with Gasteiger partial charge in [0.15, 0.2) is 10.9 Å². The molecule has 0 saturated carbocycles. The van der Waals surface area contributed by atoms with Crippen LogP contribution in [0.3, 0.4) is 0 Å². The van der Waals surface area contributed by atoms with Gasteiger partial charge in [-0.05, 0) is 57.7 Å². The van der Waals surface area contributed by atoms with Gasteiger partial charge < -0.3 is 18.6 Å². The van der Waals surface area contributed by atoms with E-state index < -0.39 is 0 Å². The van der Waals surface area contributed by atoms with E-state index in [0.29, 0.717) is 18.9 Å². The standard InChI is InChI=1S/C25H35N5O3S/c1-17-8-10-28(11-9-17)24-26-27-25(29(24)14-21-7-6-12-33-21)34-16-23(31)22-13-18(2)30(20(22)4)19(3)15-32-5/h6-7,12-13,17,19H,8-11,14-16H2,1-5H3. The fourth-order valence-corrected chi connectivity index (χ4v) is 5.60. The van der Waals surface area contributed by atoms with Gasteiger partial charge in [-0.3, -0.25) is 9.36 Å². The van der Waals surface area contributed by atoms with Crippen molar-refractivity contribution in [2.45, 2.75) is 58.3 Å². The van der Waals surface area contributed by atoms with Crippen LogP contribution in [-0.2, 0) is 11.3 Å². The summed E-state index contributed by atoms with van der Waals surface area (Å²) in [5.41, 5.74) is 2.81. The Morgan fingerprint density at radius 2 is 2.06 bits per heavy atom. The zero-order valence-corrected chi connectivity index (χ0v) is 21.6. The highest BCUT2D eigenvalue weighted by Gasteiger charge is 2.25. The van der Waals surface area contributed by atoms with E-state index in [-0.39, 0.29) is 11.8 Å². The molecule has 3 aromatic rings. The Kier molecular flexibility index (Phi) is 7.83. The van der Waals surface area contributed by atoms with Crippen molar-refractivity contribution in [2.75, 3.05) is 37.5 Å². The number of rotatable bonds is 10. The summed E-state index contributed by atoms with van der Waals surface area (Å²) < 4.78 is 15.2. The van der Waals surface area contributed by atoms with E-state index in [1.54, 1.807) is 13.4 Å². The number of thioether (sulfide) groups is 1. The van der Waals surface area contributed by atoms with Crippen molar-refractivity contribution in [1.82, 2.24) is 19.3 Å². The van der Waals surface area contributed by atoms with E-state index in [2.05, 4.69) is 38.1 Å². The minimum Gasteiger partial charge on any atom is -0.467 e. The average molecular weight is 486 g/mol. The van der Waals surface area contributed by atoms with Crippen LogP contribution in [0.1, 0.15) is 60.2 Å². The second kappa shape index (κ2) is 10.8. The minimum absolute atomic E-state index is 0.0925. The molecule has 1 atom stereocenters. The summed E-state index contributed by atoms with van der Waals surface area (Å²) in [6.07, 6.45) is 3.97. The highest BCUT2D eigenvalue weighted by Crippen LogP contribution is 2.28. The summed E-state index contributed by atoms with van der Waals surface area (Å²) in [7, 11) is 1.70. The Morgan fingerprint density at radius 1 is 1.29 bits per heavy atom. The van der Waals surface area contributed by atoms with E-state index >= 15 is 0 Å². The first kappa shape index (κ1) is 24.6. The van der Waals surface area contributed by atoms with Crippen LogP contribution in [0.25, 0.3) is 0 Å². The topological polar surface area (TPSA) is 78.3 Å². The van der Waals surface area contributed by atoms with Gasteiger partial charge in [0.1, 0.15) is 5.76 Å². The van der Waals surface area contributed by atoms with Crippen LogP contribution in [0, 0.1) is 19.8 Å². The number of ether oxygens (including phenoxy) is 1. The number of piperidine rings is 1. The first-order valence-corrected chi connectivity index (χ1v) is 12.9. The first-order chi connectivity index (χ1) is 16.4. The number of ketones is 1. The molecule has 4 heterocycles. The monoisotopic (exact) mass is 485 g/mol. The first-order valence-electron chi connectivity index (χ1n) is 11.9. The highest BCUT2D eigenvalue weighted by molar-refractivity contribution is 7.99. The molecule has 1 aliphatic heterocycles. The summed E-state index contributed by atoms with van der Waals surface area (Å²) >= 11 is 1.44. The van der Waals surface area contributed by atoms with Crippen LogP contribution >= 0.6 is 11.8 Å². The Hall–Kier alpha value is -2.52. The lowest BCUT2D eigenvalue weighted by molar-refractivity contribution is 0.102. The smallest absolute Gasteiger partial charge is 0.228 e. The third-order valence-electron chi connectivity index (χ3n) is 6.62. The molecule has 3 aromatic heterocycles. The van der Waals surface area contributed by atoms with Gasteiger partial charge in [0.2, 0.25) is 5.95 Å². The molecule has 9 heteroatoms. The number of Topliss-reactive ketones (excluding diaryl/α,β-unsaturated/α-hetero) is 1. The third-order valence-corrected chi connectivity index (χ3v) is 7.59. The number of nitrogens with zero attached hydrogens (tertiary/aromatic N) is 5. The lowest BCUT2D eigenvalue weighted by Gasteiger charge is -2.31. The lowest BCUT2D eigenvalue weighted by atomic mass is 10.00. The molecule has 0 radical (unpaired) electrons. The Labute approximate surface area is 205 Å². The molecule has 1 unspecified atom stereocenters. The number of carbonyl (C=O) groups excluding carboxylic acids is 1. The van der Waals surface area contributed by atoms with E-state index in [4.69, 9.17) is 9.15 Å². The van der Waals surface area contributed by atoms with Crippen LogP contribution < -0.4 is 4.90 Å². The summed E-state index contributed by atoms with van der Waals surface area (Å²) in [6.45, 7) is 11.5. The Morgan fingerprint density at radius 3 is 2.74 bits per heavy atom. The molecule has 0 N–H and O–H groups in total. The summed E-state index contributed by atoms with van der Waals surface area (Å²) in [4.78, 5) is 15.5. The molecule has 4 rings (SSSR count). The number of carbonyl (C=O) groups is 1. The van der Waals surface area contributed by atoms with E-state index in [9.17, 15) is 4.79 Å². The number of aromatic nitrogens is 4. The molecule has 0 spiro atoms. The molecule has 8 nitrogen and oxygen atoms in total. The third kappa shape index (κ3) is 5.25. The van der Waals surface area contributed by atoms with Crippen molar-refractivity contribution < 1.29 is 13.9 Å². The average Bonchev–Trinajstić information content (AvgIpc) is 3.53. The predicted molar refractivity (Wildman–Crippen MR) is 134 cm³/mol. The zero-order valence-electron chi connectivity index (χ0n) is 20.8. The largest absolute Gasteiger partial charge is 0.467 e. The fraction of sp³-hybridized carbons (Fsp3) is 0.560. The normalized spacial score (nSPS) is 15.7. The molecular weight excluding hydrogens is 450 g/mol. The molecular formula is C25H35N5O3S. The summed E-state index contributed by atoms with van der Waals surface area (Å²) in [5.74, 6) is 2.82. The lowest BCUT2D eigenvalue weighted by Crippen LogP contribution is -2.35. The predicted octanol–water partition coefficient (Wildman–Crippen LogP) is 4.76. The van der Waals surface area contributed by atoms with Gasteiger partial charge >= 0.3 is 0 Å². The van der Waals surface area contributed by atoms with Crippen LogP contribution in [-0.4, -0.2) is 57.7 Å². The fourth-order valence-electron chi connectivity index (χ4n) is 4.79. The summed E-state index contributed by atoms with van der Waals surface area (Å²) in [5, 5.41) is 9.73. The van der Waals surface area contributed by atoms with Crippen molar-refractivity contribution in [3.8, 4) is 0 Å². The van der Waals surface area contributed by atoms with Gasteiger partial charge in [0.25, 0.3) is 0 Å². The summed E-state index contributed by atoms with van der Waals surface area (Å²) in [6, 6.07) is 6.00. The maximum atomic E-state index is 13.2. The van der Waals surface area contributed by atoms with Crippen molar-refractivity contribution in [1.29, 1.82) is 0 Å². The minimum atomic E-state index is 0.0925. The van der Waals surface area contributed by atoms with Crippen molar-refractivity contribution >= 4 is 23.5 Å². The van der Waals surface area contributed by atoms with Crippen LogP contribution in [0.15, 0.2) is 34.0 Å². The van der Waals surface area contributed by atoms with E-state index in [1.807, 2.05) is 32.0 Å². The maximum absolute atomic E-state index is 13.2. The van der Waals surface area contributed by atoms with Crippen LogP contribution in [0.4, 0.5) is 5.95 Å². The van der Waals surface area contributed by atoms with Crippen LogP contribution in [0.5, 0.6) is 0 Å². The van der Waals surface area contributed by atoms with Gasteiger partial charge in [-0.15, -0.1) is 10.2 Å². The number of aryl methyl sites for hydroxylation is 1. The second-order valence-corrected chi connectivity index (χ2v) is 10.2. The molecule has 184 valence electrons. The molecule has 1 saturated heterocycles. The van der Waals surface area contributed by atoms with E-state index in [1.165, 1.54) is 11.8 Å². The Balaban J connectivity index is 1.52. The molecule has 0 bridgehead atoms. The van der Waals surface area contributed by atoms with Crippen molar-refractivity contribution in [3.05, 3.63) is 47.2 Å². The van der Waals surface area contributed by atoms with Gasteiger partial charge in [-0.2, -0.15) is 0 Å². The van der Waals surface area contributed by atoms with E-state index in [0.717, 1.165) is 65.7 Å². The second-order valence-electron chi connectivity index (χ2n) is 9.29. The maximum Gasteiger partial charge on any atom is 0.228 e. The molecule has 1 aliphatic rings. The highest BCUT2D eigenvalue weighted by atomic mass is 32.2. The van der Waals surface area contributed by atoms with Crippen molar-refractivity contribution in [3.63, 3.8) is 0 Å². The molecule has 34 heavy (non-hydrogen) atoms. The number of furan rings is 1. The quantitative estimate of drug-likeness (QED) is 0.303. The SMILES string of the molecule is COCC(C)n1c(C)cc(C(=O)CSc2nnc(N3CCC(C)CC3)n2Cc2ccco2)c1C. The van der Waals surface area contributed by atoms with Crippen molar-refractivity contribution in [2.24, 2.45) is 5.92 Å². The van der Waals surface area contributed by atoms with Gasteiger partial charge in [-0.25, -0.2) is 0 Å². The Bertz CT molecular complexity index is 1100. The number of hydrogen-bond donors (Lipinski definition) is 0. The van der Waals surface area contributed by atoms with Gasteiger partial charge in [0, 0.05) is 37.2 Å². The molecule has 0 aromatic carbocycles. The van der Waals surface area contributed by atoms with Gasteiger partial charge in [0.05, 0.1) is 31.2 Å². The number of methoxy groups -OCH3 is 1. The zero-order chi connectivity index (χ0) is 24.2. The number of hydrogen-bond acceptors (Lipinski definition) is 7. The number of anilines is 1. The van der Waals surface area contributed by atoms with Gasteiger partial charge in [-0.1, -0.05) is 18.7 Å². The van der Waals surface area contributed by atoms with Crippen LogP contribution in [0.2, 0.25) is 0 Å². The molecule has 0 amide bonds.